The zero-order valence-corrected chi connectivity index (χ0v) is 11.7. The second-order valence-corrected chi connectivity index (χ2v) is 5.05. The number of benzene rings is 1. The molecule has 0 aliphatic heterocycles. The molecule has 0 bridgehead atoms. The highest BCUT2D eigenvalue weighted by atomic mass is 16.5. The van der Waals surface area contributed by atoms with E-state index >= 15 is 0 Å². The molecule has 1 aromatic carbocycles. The van der Waals surface area contributed by atoms with Crippen molar-refractivity contribution >= 4 is 5.97 Å². The number of hydrogen-bond donors (Lipinski definition) is 0. The van der Waals surface area contributed by atoms with Gasteiger partial charge in [-0.15, -0.1) is 5.10 Å². The molecule has 0 radical (unpaired) electrons. The van der Waals surface area contributed by atoms with Gasteiger partial charge in [0, 0.05) is 7.05 Å². The van der Waals surface area contributed by atoms with Crippen LogP contribution < -0.4 is 0 Å². The Morgan fingerprint density at radius 1 is 1.35 bits per heavy atom. The maximum atomic E-state index is 11.7. The molecule has 0 atom stereocenters. The first-order valence-electron chi connectivity index (χ1n) is 6.81. The average Bonchev–Trinajstić information content (AvgIpc) is 3.17. The topological polar surface area (TPSA) is 57.0 Å². The second-order valence-electron chi connectivity index (χ2n) is 5.05. The third-order valence-corrected chi connectivity index (χ3v) is 3.73. The molecule has 1 fully saturated rings. The molecule has 2 aromatic rings. The van der Waals surface area contributed by atoms with Crippen molar-refractivity contribution in [3.63, 3.8) is 0 Å². The van der Waals surface area contributed by atoms with E-state index in [9.17, 15) is 4.79 Å². The molecule has 0 amide bonds. The molecule has 0 unspecified atom stereocenters. The van der Waals surface area contributed by atoms with E-state index in [4.69, 9.17) is 4.74 Å². The van der Waals surface area contributed by atoms with E-state index in [1.54, 1.807) is 11.6 Å². The molecule has 5 heteroatoms. The number of hydrogen-bond acceptors (Lipinski definition) is 4. The minimum Gasteiger partial charge on any atom is -0.460 e. The van der Waals surface area contributed by atoms with Gasteiger partial charge in [0.05, 0.1) is 12.0 Å². The molecule has 0 spiro atoms. The average molecular weight is 271 g/mol. The Labute approximate surface area is 117 Å². The zero-order chi connectivity index (χ0) is 14.2. The lowest BCUT2D eigenvalue weighted by Crippen LogP contribution is -2.15. The van der Waals surface area contributed by atoms with Crippen LogP contribution in [0.2, 0.25) is 0 Å². The molecule has 20 heavy (non-hydrogen) atoms. The normalized spacial score (nSPS) is 15.9. The molecular formula is C15H17N3O2. The first-order valence-corrected chi connectivity index (χ1v) is 6.81. The Bertz CT molecular complexity index is 630. The largest absolute Gasteiger partial charge is 0.460 e. The SMILES string of the molecule is CCOC(=O)c1nc(C2(c3ccccc3)CC2)n(C)n1. The van der Waals surface area contributed by atoms with E-state index in [1.807, 2.05) is 25.2 Å². The fraction of sp³-hybridized carbons (Fsp3) is 0.400. The van der Waals surface area contributed by atoms with Gasteiger partial charge in [-0.2, -0.15) is 0 Å². The lowest BCUT2D eigenvalue weighted by Gasteiger charge is -2.14. The third kappa shape index (κ3) is 1.99. The predicted octanol–water partition coefficient (Wildman–Crippen LogP) is 2.07. The van der Waals surface area contributed by atoms with Gasteiger partial charge >= 0.3 is 5.97 Å². The minimum atomic E-state index is -0.460. The van der Waals surface area contributed by atoms with Crippen molar-refractivity contribution < 1.29 is 9.53 Å². The highest BCUT2D eigenvalue weighted by molar-refractivity contribution is 5.85. The zero-order valence-electron chi connectivity index (χ0n) is 11.7. The Hall–Kier alpha value is -2.17. The molecule has 0 N–H and O–H groups in total. The van der Waals surface area contributed by atoms with Crippen LogP contribution in [0, 0.1) is 0 Å². The summed E-state index contributed by atoms with van der Waals surface area (Å²) >= 11 is 0. The van der Waals surface area contributed by atoms with Crippen LogP contribution in [-0.2, 0) is 17.2 Å². The molecule has 5 nitrogen and oxygen atoms in total. The van der Waals surface area contributed by atoms with E-state index in [-0.39, 0.29) is 11.2 Å². The summed E-state index contributed by atoms with van der Waals surface area (Å²) in [5.74, 6) is 0.525. The van der Waals surface area contributed by atoms with Crippen LogP contribution in [0.3, 0.4) is 0 Å². The first kappa shape index (κ1) is 12.8. The molecule has 1 heterocycles. The molecule has 1 aromatic heterocycles. The molecule has 104 valence electrons. The summed E-state index contributed by atoms with van der Waals surface area (Å²) in [6.07, 6.45) is 2.07. The van der Waals surface area contributed by atoms with Crippen LogP contribution in [0.4, 0.5) is 0 Å². The number of aryl methyl sites for hydroxylation is 1. The molecule has 1 saturated carbocycles. The summed E-state index contributed by atoms with van der Waals surface area (Å²) in [5, 5.41) is 4.19. The van der Waals surface area contributed by atoms with Crippen molar-refractivity contribution in [3.05, 3.63) is 47.5 Å². The van der Waals surface area contributed by atoms with Crippen LogP contribution in [-0.4, -0.2) is 27.3 Å². The van der Waals surface area contributed by atoms with E-state index in [0.717, 1.165) is 18.7 Å². The van der Waals surface area contributed by atoms with Crippen LogP contribution in [0.25, 0.3) is 0 Å². The van der Waals surface area contributed by atoms with Gasteiger partial charge in [-0.05, 0) is 25.3 Å². The van der Waals surface area contributed by atoms with Crippen molar-refractivity contribution in [2.75, 3.05) is 6.61 Å². The van der Waals surface area contributed by atoms with Crippen molar-refractivity contribution in [1.29, 1.82) is 0 Å². The van der Waals surface area contributed by atoms with E-state index in [2.05, 4.69) is 22.2 Å². The van der Waals surface area contributed by atoms with Crippen molar-refractivity contribution in [2.45, 2.75) is 25.2 Å². The second kappa shape index (κ2) is 4.74. The Kier molecular flexibility index (Phi) is 3.04. The third-order valence-electron chi connectivity index (χ3n) is 3.73. The quantitative estimate of drug-likeness (QED) is 0.799. The standard InChI is InChI=1S/C15H17N3O2/c1-3-20-13(19)12-16-14(18(2)17-12)15(9-10-15)11-7-5-4-6-8-11/h4-8H,3,9-10H2,1-2H3. The smallest absolute Gasteiger partial charge is 0.378 e. The van der Waals surface area contributed by atoms with Crippen LogP contribution >= 0.6 is 0 Å². The number of ether oxygens (including phenoxy) is 1. The summed E-state index contributed by atoms with van der Waals surface area (Å²) in [4.78, 5) is 16.1. The molecular weight excluding hydrogens is 254 g/mol. The van der Waals surface area contributed by atoms with Gasteiger partial charge < -0.3 is 4.74 Å². The van der Waals surface area contributed by atoms with Gasteiger partial charge in [0.1, 0.15) is 5.82 Å². The number of rotatable bonds is 4. The molecule has 0 saturated heterocycles. The van der Waals surface area contributed by atoms with E-state index < -0.39 is 5.97 Å². The summed E-state index contributed by atoms with van der Waals surface area (Å²) in [5.41, 5.74) is 1.14. The predicted molar refractivity (Wildman–Crippen MR) is 73.4 cm³/mol. The van der Waals surface area contributed by atoms with Gasteiger partial charge in [0.25, 0.3) is 5.82 Å². The lowest BCUT2D eigenvalue weighted by molar-refractivity contribution is 0.0512. The number of aromatic nitrogens is 3. The maximum absolute atomic E-state index is 11.7. The Morgan fingerprint density at radius 3 is 2.65 bits per heavy atom. The summed E-state index contributed by atoms with van der Waals surface area (Å²) in [6, 6.07) is 10.3. The number of nitrogens with zero attached hydrogens (tertiary/aromatic N) is 3. The monoisotopic (exact) mass is 271 g/mol. The van der Waals surface area contributed by atoms with Crippen molar-refractivity contribution in [3.8, 4) is 0 Å². The Balaban J connectivity index is 1.97. The number of esters is 1. The van der Waals surface area contributed by atoms with Gasteiger partial charge in [0.2, 0.25) is 0 Å². The van der Waals surface area contributed by atoms with E-state index in [0.29, 0.717) is 6.61 Å². The summed E-state index contributed by atoms with van der Waals surface area (Å²) < 4.78 is 6.66. The van der Waals surface area contributed by atoms with Crippen LogP contribution in [0.15, 0.2) is 30.3 Å². The first-order chi connectivity index (χ1) is 9.67. The van der Waals surface area contributed by atoms with Crippen molar-refractivity contribution in [1.82, 2.24) is 14.8 Å². The van der Waals surface area contributed by atoms with Crippen LogP contribution in [0.1, 0.15) is 41.8 Å². The number of carbonyl (C=O) groups excluding carboxylic acids is 1. The van der Waals surface area contributed by atoms with Crippen LogP contribution in [0.5, 0.6) is 0 Å². The highest BCUT2D eigenvalue weighted by Crippen LogP contribution is 2.52. The molecule has 3 rings (SSSR count). The van der Waals surface area contributed by atoms with Gasteiger partial charge in [-0.25, -0.2) is 9.78 Å². The molecule has 1 aliphatic carbocycles. The number of carbonyl (C=O) groups is 1. The van der Waals surface area contributed by atoms with Gasteiger partial charge in [-0.1, -0.05) is 30.3 Å². The Morgan fingerprint density at radius 2 is 2.05 bits per heavy atom. The maximum Gasteiger partial charge on any atom is 0.378 e. The summed E-state index contributed by atoms with van der Waals surface area (Å²) in [7, 11) is 1.83. The van der Waals surface area contributed by atoms with Gasteiger partial charge in [0.15, 0.2) is 0 Å². The summed E-state index contributed by atoms with van der Waals surface area (Å²) in [6.45, 7) is 2.10. The fourth-order valence-corrected chi connectivity index (χ4v) is 2.61. The lowest BCUT2D eigenvalue weighted by atomic mass is 9.95. The molecule has 1 aliphatic rings. The van der Waals surface area contributed by atoms with Gasteiger partial charge in [-0.3, -0.25) is 4.68 Å². The van der Waals surface area contributed by atoms with Crippen molar-refractivity contribution in [2.24, 2.45) is 7.05 Å². The fourth-order valence-electron chi connectivity index (χ4n) is 2.61. The van der Waals surface area contributed by atoms with E-state index in [1.165, 1.54) is 5.56 Å². The minimum absolute atomic E-state index is 0.0895. The highest BCUT2D eigenvalue weighted by Gasteiger charge is 2.49.